The Labute approximate surface area is 110 Å². The summed E-state index contributed by atoms with van der Waals surface area (Å²) in [5.41, 5.74) is 1.19. The molecule has 0 saturated carbocycles. The lowest BCUT2D eigenvalue weighted by Gasteiger charge is -2.24. The highest BCUT2D eigenvalue weighted by Gasteiger charge is 2.20. The van der Waals surface area contributed by atoms with E-state index in [1.807, 2.05) is 6.08 Å². The van der Waals surface area contributed by atoms with Crippen molar-refractivity contribution < 1.29 is 4.43 Å². The molecule has 0 bridgehead atoms. The summed E-state index contributed by atoms with van der Waals surface area (Å²) in [5, 5.41) is 2.51. The summed E-state index contributed by atoms with van der Waals surface area (Å²) < 4.78 is 6.14. The Morgan fingerprint density at radius 1 is 1.06 bits per heavy atom. The Hall–Kier alpha value is -1.38. The van der Waals surface area contributed by atoms with Crippen molar-refractivity contribution in [2.24, 2.45) is 0 Å². The van der Waals surface area contributed by atoms with Gasteiger partial charge in [0.05, 0.1) is 6.10 Å². The van der Waals surface area contributed by atoms with Gasteiger partial charge in [-0.15, -0.1) is 6.58 Å². The fourth-order valence-corrected chi connectivity index (χ4v) is 3.01. The zero-order valence-corrected chi connectivity index (χ0v) is 12.3. The number of rotatable bonds is 4. The quantitative estimate of drug-likeness (QED) is 0.557. The second-order valence-electron chi connectivity index (χ2n) is 5.49. The minimum absolute atomic E-state index is 0.00118. The van der Waals surface area contributed by atoms with Gasteiger partial charge >= 0.3 is 0 Å². The number of hydrogen-bond acceptors (Lipinski definition) is 1. The average molecular weight is 256 g/mol. The van der Waals surface area contributed by atoms with E-state index < -0.39 is 8.32 Å². The maximum atomic E-state index is 6.14. The smallest absolute Gasteiger partial charge is 0.185 e. The Bertz CT molecular complexity index is 554. The Balaban J connectivity index is 2.36. The third kappa shape index (κ3) is 3.09. The Kier molecular flexibility index (Phi) is 3.69. The molecule has 18 heavy (non-hydrogen) atoms. The zero-order valence-electron chi connectivity index (χ0n) is 11.3. The predicted octanol–water partition coefficient (Wildman–Crippen LogP) is 4.92. The van der Waals surface area contributed by atoms with E-state index in [1.165, 1.54) is 16.3 Å². The van der Waals surface area contributed by atoms with Crippen LogP contribution in [-0.4, -0.2) is 8.32 Å². The van der Waals surface area contributed by atoms with Gasteiger partial charge in [-0.25, -0.2) is 0 Å². The van der Waals surface area contributed by atoms with Crippen LogP contribution >= 0.6 is 0 Å². The summed E-state index contributed by atoms with van der Waals surface area (Å²) in [5.74, 6) is 0. The van der Waals surface area contributed by atoms with Crippen LogP contribution in [0.1, 0.15) is 11.7 Å². The maximum absolute atomic E-state index is 6.14. The van der Waals surface area contributed by atoms with Gasteiger partial charge in [0.2, 0.25) is 0 Å². The van der Waals surface area contributed by atoms with Gasteiger partial charge in [-0.1, -0.05) is 42.5 Å². The standard InChI is InChI=1S/C16H20OSi/c1-5-16(17-18(2,3)4)15-11-10-13-8-6-7-9-14(13)12-15/h5-12,16H,1H2,2-4H3. The van der Waals surface area contributed by atoms with Crippen molar-refractivity contribution >= 4 is 19.1 Å². The SMILES string of the molecule is C=CC(O[Si](C)(C)C)c1ccc2ccccc2c1. The molecule has 0 heterocycles. The maximum Gasteiger partial charge on any atom is 0.185 e. The van der Waals surface area contributed by atoms with E-state index in [4.69, 9.17) is 4.43 Å². The molecule has 0 aromatic heterocycles. The molecule has 1 unspecified atom stereocenters. The molecule has 0 radical (unpaired) electrons. The molecular weight excluding hydrogens is 236 g/mol. The molecule has 2 heteroatoms. The molecule has 94 valence electrons. The summed E-state index contributed by atoms with van der Waals surface area (Å²) in [6.45, 7) is 10.5. The monoisotopic (exact) mass is 256 g/mol. The van der Waals surface area contributed by atoms with Crippen LogP contribution in [0.5, 0.6) is 0 Å². The lowest BCUT2D eigenvalue weighted by molar-refractivity contribution is 0.248. The van der Waals surface area contributed by atoms with Crippen LogP contribution in [0.3, 0.4) is 0 Å². The van der Waals surface area contributed by atoms with Gasteiger partial charge in [-0.3, -0.25) is 0 Å². The van der Waals surface area contributed by atoms with Crippen molar-refractivity contribution in [2.45, 2.75) is 25.7 Å². The molecule has 0 fully saturated rings. The highest BCUT2D eigenvalue weighted by molar-refractivity contribution is 6.69. The van der Waals surface area contributed by atoms with Crippen LogP contribution in [0.15, 0.2) is 55.1 Å². The molecule has 0 N–H and O–H groups in total. The fraction of sp³-hybridized carbons (Fsp3) is 0.250. The van der Waals surface area contributed by atoms with Crippen LogP contribution in [0.25, 0.3) is 10.8 Å². The third-order valence-electron chi connectivity index (χ3n) is 2.80. The Morgan fingerprint density at radius 2 is 1.72 bits per heavy atom. The topological polar surface area (TPSA) is 9.23 Å². The molecular formula is C16H20OSi. The Morgan fingerprint density at radius 3 is 2.33 bits per heavy atom. The molecule has 0 aliphatic carbocycles. The van der Waals surface area contributed by atoms with Crippen LogP contribution in [0.2, 0.25) is 19.6 Å². The molecule has 0 saturated heterocycles. The van der Waals surface area contributed by atoms with Crippen LogP contribution in [-0.2, 0) is 4.43 Å². The summed E-state index contributed by atoms with van der Waals surface area (Å²) in [6.07, 6.45) is 1.89. The van der Waals surface area contributed by atoms with E-state index in [0.717, 1.165) is 0 Å². The first kappa shape index (κ1) is 13.1. The van der Waals surface area contributed by atoms with Crippen molar-refractivity contribution in [2.75, 3.05) is 0 Å². The summed E-state index contributed by atoms with van der Waals surface area (Å²) in [4.78, 5) is 0. The number of benzene rings is 2. The molecule has 0 amide bonds. The predicted molar refractivity (Wildman–Crippen MR) is 81.3 cm³/mol. The van der Waals surface area contributed by atoms with Crippen LogP contribution in [0.4, 0.5) is 0 Å². The minimum Gasteiger partial charge on any atom is -0.407 e. The molecule has 0 aliphatic heterocycles. The second kappa shape index (κ2) is 5.08. The van der Waals surface area contributed by atoms with E-state index in [0.29, 0.717) is 0 Å². The summed E-state index contributed by atoms with van der Waals surface area (Å²) in [7, 11) is -1.56. The molecule has 0 aliphatic rings. The van der Waals surface area contributed by atoms with E-state index >= 15 is 0 Å². The minimum atomic E-state index is -1.56. The normalized spacial score (nSPS) is 13.5. The first-order valence-electron chi connectivity index (χ1n) is 6.29. The van der Waals surface area contributed by atoms with Gasteiger partial charge in [0.1, 0.15) is 0 Å². The van der Waals surface area contributed by atoms with E-state index in [1.54, 1.807) is 0 Å². The van der Waals surface area contributed by atoms with E-state index in [-0.39, 0.29) is 6.10 Å². The van der Waals surface area contributed by atoms with Crippen molar-refractivity contribution in [3.63, 3.8) is 0 Å². The van der Waals surface area contributed by atoms with Gasteiger partial charge < -0.3 is 4.43 Å². The molecule has 0 spiro atoms. The van der Waals surface area contributed by atoms with Crippen molar-refractivity contribution in [3.8, 4) is 0 Å². The van der Waals surface area contributed by atoms with Crippen molar-refractivity contribution in [1.29, 1.82) is 0 Å². The zero-order chi connectivity index (χ0) is 13.2. The number of hydrogen-bond donors (Lipinski definition) is 0. The lowest BCUT2D eigenvalue weighted by atomic mass is 10.0. The van der Waals surface area contributed by atoms with E-state index in [9.17, 15) is 0 Å². The van der Waals surface area contributed by atoms with Crippen LogP contribution < -0.4 is 0 Å². The highest BCUT2D eigenvalue weighted by atomic mass is 28.4. The summed E-state index contributed by atoms with van der Waals surface area (Å²) >= 11 is 0. The lowest BCUT2D eigenvalue weighted by Crippen LogP contribution is -2.27. The van der Waals surface area contributed by atoms with Gasteiger partial charge in [0.15, 0.2) is 8.32 Å². The fourth-order valence-electron chi connectivity index (χ4n) is 2.02. The van der Waals surface area contributed by atoms with Gasteiger partial charge in [0, 0.05) is 0 Å². The molecule has 2 aromatic carbocycles. The van der Waals surface area contributed by atoms with Crippen molar-refractivity contribution in [1.82, 2.24) is 0 Å². The highest BCUT2D eigenvalue weighted by Crippen LogP contribution is 2.26. The first-order valence-corrected chi connectivity index (χ1v) is 9.69. The number of fused-ring (bicyclic) bond motifs is 1. The van der Waals surface area contributed by atoms with Gasteiger partial charge in [-0.2, -0.15) is 0 Å². The van der Waals surface area contributed by atoms with E-state index in [2.05, 4.69) is 68.7 Å². The van der Waals surface area contributed by atoms with Crippen LogP contribution in [0, 0.1) is 0 Å². The largest absolute Gasteiger partial charge is 0.407 e. The molecule has 1 nitrogen and oxygen atoms in total. The van der Waals surface area contributed by atoms with Crippen molar-refractivity contribution in [3.05, 3.63) is 60.7 Å². The first-order chi connectivity index (χ1) is 8.49. The molecule has 1 atom stereocenters. The molecule has 2 rings (SSSR count). The molecule has 2 aromatic rings. The van der Waals surface area contributed by atoms with Gasteiger partial charge in [0.25, 0.3) is 0 Å². The average Bonchev–Trinajstić information content (AvgIpc) is 2.34. The third-order valence-corrected chi connectivity index (χ3v) is 3.76. The van der Waals surface area contributed by atoms with Gasteiger partial charge in [-0.05, 0) is 42.0 Å². The summed E-state index contributed by atoms with van der Waals surface area (Å²) in [6, 6.07) is 14.9. The second-order valence-corrected chi connectivity index (χ2v) is 9.95.